The van der Waals surface area contributed by atoms with Crippen molar-refractivity contribution in [2.45, 2.75) is 59.9 Å². The molecule has 0 aromatic rings. The van der Waals surface area contributed by atoms with E-state index in [9.17, 15) is 0 Å². The second-order valence-corrected chi connectivity index (χ2v) is 6.41. The molecule has 0 amide bonds. The molecule has 0 spiro atoms. The summed E-state index contributed by atoms with van der Waals surface area (Å²) in [6.07, 6.45) is 2.40. The highest BCUT2D eigenvalue weighted by Crippen LogP contribution is 2.38. The van der Waals surface area contributed by atoms with E-state index < -0.39 is 0 Å². The van der Waals surface area contributed by atoms with Gasteiger partial charge in [0.1, 0.15) is 0 Å². The molecular formula is C12H24N2. The molecule has 0 bridgehead atoms. The van der Waals surface area contributed by atoms with Gasteiger partial charge in [-0.2, -0.15) is 5.10 Å². The Labute approximate surface area is 88.2 Å². The van der Waals surface area contributed by atoms with Crippen LogP contribution in [-0.2, 0) is 0 Å². The molecule has 2 heteroatoms. The van der Waals surface area contributed by atoms with Crippen molar-refractivity contribution in [3.05, 3.63) is 0 Å². The van der Waals surface area contributed by atoms with Crippen LogP contribution in [0.15, 0.2) is 5.10 Å². The average Bonchev–Trinajstić information content (AvgIpc) is 2.19. The summed E-state index contributed by atoms with van der Waals surface area (Å²) in [6, 6.07) is 0. The molecule has 1 rings (SSSR count). The first kappa shape index (κ1) is 11.5. The number of nitrogens with zero attached hydrogens (tertiary/aromatic N) is 1. The third-order valence-corrected chi connectivity index (χ3v) is 2.62. The number of rotatable bonds is 1. The van der Waals surface area contributed by atoms with Gasteiger partial charge in [-0.1, -0.05) is 20.8 Å². The molecular weight excluding hydrogens is 172 g/mol. The van der Waals surface area contributed by atoms with Crippen molar-refractivity contribution in [3.63, 3.8) is 0 Å². The quantitative estimate of drug-likeness (QED) is 0.640. The molecule has 82 valence electrons. The van der Waals surface area contributed by atoms with E-state index in [2.05, 4.69) is 52.1 Å². The third kappa shape index (κ3) is 3.32. The standard InChI is InChI=1S/C12H24N2/c1-9-7-12(5,6)8-10(9)13-14-11(2,3)4/h9,14H,7-8H2,1-6H3/b13-10-. The van der Waals surface area contributed by atoms with Crippen molar-refractivity contribution >= 4 is 5.71 Å². The fourth-order valence-electron chi connectivity index (χ4n) is 2.07. The van der Waals surface area contributed by atoms with Crippen LogP contribution >= 0.6 is 0 Å². The van der Waals surface area contributed by atoms with Crippen molar-refractivity contribution in [1.82, 2.24) is 5.43 Å². The van der Waals surface area contributed by atoms with Crippen molar-refractivity contribution in [2.75, 3.05) is 0 Å². The highest BCUT2D eigenvalue weighted by Gasteiger charge is 2.33. The first-order valence-electron chi connectivity index (χ1n) is 5.53. The topological polar surface area (TPSA) is 24.4 Å². The molecule has 1 aliphatic carbocycles. The summed E-state index contributed by atoms with van der Waals surface area (Å²) in [5, 5.41) is 4.54. The molecule has 1 unspecified atom stereocenters. The van der Waals surface area contributed by atoms with Crippen LogP contribution in [0.4, 0.5) is 0 Å². The zero-order chi connectivity index (χ0) is 11.0. The summed E-state index contributed by atoms with van der Waals surface area (Å²) >= 11 is 0. The van der Waals surface area contributed by atoms with Gasteiger partial charge >= 0.3 is 0 Å². The van der Waals surface area contributed by atoms with Crippen molar-refractivity contribution in [2.24, 2.45) is 16.4 Å². The molecule has 2 nitrogen and oxygen atoms in total. The molecule has 1 saturated carbocycles. The summed E-state index contributed by atoms with van der Waals surface area (Å²) in [7, 11) is 0. The smallest absolute Gasteiger partial charge is 0.0464 e. The maximum absolute atomic E-state index is 4.54. The fourth-order valence-corrected chi connectivity index (χ4v) is 2.07. The maximum Gasteiger partial charge on any atom is 0.0464 e. The van der Waals surface area contributed by atoms with Crippen LogP contribution in [0.25, 0.3) is 0 Å². The van der Waals surface area contributed by atoms with E-state index >= 15 is 0 Å². The van der Waals surface area contributed by atoms with E-state index in [4.69, 9.17) is 0 Å². The minimum atomic E-state index is 0.0828. The zero-order valence-electron chi connectivity index (χ0n) is 10.4. The molecule has 1 atom stereocenters. The van der Waals surface area contributed by atoms with Crippen molar-refractivity contribution in [1.29, 1.82) is 0 Å². The molecule has 1 aliphatic rings. The van der Waals surface area contributed by atoms with E-state index in [0.29, 0.717) is 11.3 Å². The van der Waals surface area contributed by atoms with Crippen molar-refractivity contribution in [3.8, 4) is 0 Å². The Balaban J connectivity index is 2.62. The van der Waals surface area contributed by atoms with E-state index in [1.54, 1.807) is 0 Å². The minimum Gasteiger partial charge on any atom is -0.305 e. The summed E-state index contributed by atoms with van der Waals surface area (Å²) < 4.78 is 0. The Bertz CT molecular complexity index is 233. The molecule has 0 aromatic heterocycles. The second kappa shape index (κ2) is 3.56. The van der Waals surface area contributed by atoms with Gasteiger partial charge in [0.05, 0.1) is 0 Å². The Hall–Kier alpha value is -0.530. The van der Waals surface area contributed by atoms with Crippen LogP contribution in [0.5, 0.6) is 0 Å². The van der Waals surface area contributed by atoms with Crippen LogP contribution in [0.1, 0.15) is 54.4 Å². The molecule has 1 N–H and O–H groups in total. The third-order valence-electron chi connectivity index (χ3n) is 2.62. The number of nitrogens with one attached hydrogen (secondary N) is 1. The molecule has 0 radical (unpaired) electrons. The van der Waals surface area contributed by atoms with Gasteiger partial charge < -0.3 is 5.43 Å². The largest absolute Gasteiger partial charge is 0.305 e. The van der Waals surface area contributed by atoms with E-state index in [-0.39, 0.29) is 5.54 Å². The summed E-state index contributed by atoms with van der Waals surface area (Å²) in [5.74, 6) is 0.639. The lowest BCUT2D eigenvalue weighted by Gasteiger charge is -2.19. The number of hydrogen-bond acceptors (Lipinski definition) is 2. The lowest BCUT2D eigenvalue weighted by Crippen LogP contribution is -2.32. The molecule has 14 heavy (non-hydrogen) atoms. The van der Waals surface area contributed by atoms with E-state index in [0.717, 1.165) is 6.42 Å². The molecule has 0 aliphatic heterocycles. The monoisotopic (exact) mass is 196 g/mol. The first-order chi connectivity index (χ1) is 6.20. The number of hydrazone groups is 1. The predicted molar refractivity (Wildman–Crippen MR) is 62.5 cm³/mol. The Kier molecular flexibility index (Phi) is 2.93. The minimum absolute atomic E-state index is 0.0828. The van der Waals surface area contributed by atoms with Crippen LogP contribution < -0.4 is 5.43 Å². The van der Waals surface area contributed by atoms with Crippen LogP contribution in [0, 0.1) is 11.3 Å². The maximum atomic E-state index is 4.54. The van der Waals surface area contributed by atoms with Crippen LogP contribution in [0.2, 0.25) is 0 Å². The lowest BCUT2D eigenvalue weighted by molar-refractivity contribution is 0.368. The molecule has 0 heterocycles. The Morgan fingerprint density at radius 2 is 1.93 bits per heavy atom. The van der Waals surface area contributed by atoms with E-state index in [1.807, 2.05) is 0 Å². The van der Waals surface area contributed by atoms with Gasteiger partial charge in [-0.25, -0.2) is 0 Å². The fraction of sp³-hybridized carbons (Fsp3) is 0.917. The number of hydrogen-bond donors (Lipinski definition) is 1. The normalized spacial score (nSPS) is 29.6. The van der Waals surface area contributed by atoms with Crippen LogP contribution in [-0.4, -0.2) is 11.3 Å². The zero-order valence-corrected chi connectivity index (χ0v) is 10.4. The Morgan fingerprint density at radius 3 is 2.29 bits per heavy atom. The van der Waals surface area contributed by atoms with E-state index in [1.165, 1.54) is 12.1 Å². The first-order valence-corrected chi connectivity index (χ1v) is 5.53. The van der Waals surface area contributed by atoms with Crippen LogP contribution in [0.3, 0.4) is 0 Å². The van der Waals surface area contributed by atoms with Gasteiger partial charge in [-0.05, 0) is 44.9 Å². The SMILES string of the molecule is CC1CC(C)(C)C/C1=N/NC(C)(C)C. The van der Waals surface area contributed by atoms with Gasteiger partial charge in [-0.3, -0.25) is 0 Å². The van der Waals surface area contributed by atoms with Gasteiger partial charge in [0.15, 0.2) is 0 Å². The van der Waals surface area contributed by atoms with Gasteiger partial charge in [-0.15, -0.1) is 0 Å². The molecule has 0 saturated heterocycles. The second-order valence-electron chi connectivity index (χ2n) is 6.41. The lowest BCUT2D eigenvalue weighted by atomic mass is 9.91. The van der Waals surface area contributed by atoms with Gasteiger partial charge in [0, 0.05) is 11.3 Å². The summed E-state index contributed by atoms with van der Waals surface area (Å²) in [4.78, 5) is 0. The highest BCUT2D eigenvalue weighted by atomic mass is 15.3. The Morgan fingerprint density at radius 1 is 1.36 bits per heavy atom. The predicted octanol–water partition coefficient (Wildman–Crippen LogP) is 3.19. The molecule has 1 fully saturated rings. The summed E-state index contributed by atoms with van der Waals surface area (Å²) in [6.45, 7) is 13.3. The average molecular weight is 196 g/mol. The van der Waals surface area contributed by atoms with Gasteiger partial charge in [0.2, 0.25) is 0 Å². The highest BCUT2D eigenvalue weighted by molar-refractivity contribution is 5.89. The summed E-state index contributed by atoms with van der Waals surface area (Å²) in [5.41, 5.74) is 5.08. The van der Waals surface area contributed by atoms with Crippen molar-refractivity contribution < 1.29 is 0 Å². The van der Waals surface area contributed by atoms with Gasteiger partial charge in [0.25, 0.3) is 0 Å². The molecule has 0 aromatic carbocycles.